The molecule has 19 nitrogen and oxygen atoms in total. The first-order valence-electron chi connectivity index (χ1n) is 21.8. The summed E-state index contributed by atoms with van der Waals surface area (Å²) < 4.78 is 54.6. The Morgan fingerprint density at radius 2 is 1.31 bits per heavy atom. The molecule has 0 spiro atoms. The van der Waals surface area contributed by atoms with Crippen LogP contribution in [0, 0.1) is 5.82 Å². The lowest BCUT2D eigenvalue weighted by atomic mass is 9.87. The average molecular weight is 898 g/mol. The minimum Gasteiger partial charge on any atom is -0.379 e. The Morgan fingerprint density at radius 3 is 1.86 bits per heavy atom. The fourth-order valence-electron chi connectivity index (χ4n) is 6.80. The van der Waals surface area contributed by atoms with Gasteiger partial charge in [-0.2, -0.15) is 5.10 Å². The molecule has 1 fully saturated rings. The van der Waals surface area contributed by atoms with Gasteiger partial charge in [-0.05, 0) is 56.5 Å². The Morgan fingerprint density at radius 1 is 0.750 bits per heavy atom. The average Bonchev–Trinajstić information content (AvgIpc) is 3.92. The minimum absolute atomic E-state index is 0.0938. The molecule has 0 bridgehead atoms. The van der Waals surface area contributed by atoms with Crippen molar-refractivity contribution in [2.24, 2.45) is 0 Å². The number of amides is 3. The van der Waals surface area contributed by atoms with Gasteiger partial charge in [0.05, 0.1) is 110 Å². The van der Waals surface area contributed by atoms with Gasteiger partial charge in [0.1, 0.15) is 18.1 Å². The summed E-state index contributed by atoms with van der Waals surface area (Å²) in [7, 11) is 0. The predicted octanol–water partition coefficient (Wildman–Crippen LogP) is 3.05. The number of nitrogens with one attached hydrogen (secondary N) is 1. The van der Waals surface area contributed by atoms with E-state index in [2.05, 4.69) is 36.4 Å². The van der Waals surface area contributed by atoms with Crippen LogP contribution in [0.2, 0.25) is 0 Å². The topological polar surface area (TPSA) is 195 Å². The molecule has 1 saturated heterocycles. The van der Waals surface area contributed by atoms with Crippen LogP contribution in [0.25, 0.3) is 16.9 Å². The third-order valence-electron chi connectivity index (χ3n) is 10.1. The van der Waals surface area contributed by atoms with Crippen LogP contribution in [0.1, 0.15) is 68.1 Å². The molecule has 0 saturated carbocycles. The molecule has 5 rings (SSSR count). The summed E-state index contributed by atoms with van der Waals surface area (Å²) in [6, 6.07) is 8.04. The number of piperazine rings is 1. The van der Waals surface area contributed by atoms with Gasteiger partial charge >= 0.3 is 0 Å². The Kier molecular flexibility index (Phi) is 19.5. The maximum absolute atomic E-state index is 14.0. The number of fused-ring (bicyclic) bond motifs is 1. The van der Waals surface area contributed by atoms with E-state index >= 15 is 0 Å². The second-order valence-electron chi connectivity index (χ2n) is 16.6. The Labute approximate surface area is 373 Å². The second-order valence-corrected chi connectivity index (χ2v) is 16.6. The molecule has 1 aromatic carbocycles. The summed E-state index contributed by atoms with van der Waals surface area (Å²) >= 11 is 0. The van der Waals surface area contributed by atoms with Gasteiger partial charge in [-0.15, -0.1) is 5.10 Å². The highest BCUT2D eigenvalue weighted by Gasteiger charge is 2.40. The number of nitrogens with zero attached hydrogens (tertiary/aromatic N) is 8. The molecule has 4 aromatic rings. The lowest BCUT2D eigenvalue weighted by molar-refractivity contribution is -0.122. The van der Waals surface area contributed by atoms with Gasteiger partial charge in [0.25, 0.3) is 11.8 Å². The monoisotopic (exact) mass is 897 g/mol. The van der Waals surface area contributed by atoms with Crippen LogP contribution in [-0.4, -0.2) is 181 Å². The molecule has 0 aliphatic carbocycles. The molecule has 3 aromatic heterocycles. The zero-order chi connectivity index (χ0) is 46.0. The first-order chi connectivity index (χ1) is 30.8. The summed E-state index contributed by atoms with van der Waals surface area (Å²) in [5.74, 6) is -1.29. The highest BCUT2D eigenvalue weighted by atomic mass is 19.1. The van der Waals surface area contributed by atoms with Crippen LogP contribution in [0.3, 0.4) is 0 Å². The van der Waals surface area contributed by atoms with Gasteiger partial charge in [-0.1, -0.05) is 26.0 Å². The van der Waals surface area contributed by atoms with Crippen molar-refractivity contribution in [3.8, 4) is 11.3 Å². The van der Waals surface area contributed by atoms with Gasteiger partial charge in [0.2, 0.25) is 5.91 Å². The fraction of sp³-hybridized carbons (Fsp3) is 0.614. The fourth-order valence-corrected chi connectivity index (χ4v) is 6.80. The normalized spacial score (nSPS) is 14.1. The highest BCUT2D eigenvalue weighted by Crippen LogP contribution is 2.31. The Hall–Kier alpha value is -4.96. The van der Waals surface area contributed by atoms with E-state index in [4.69, 9.17) is 43.2 Å². The number of rotatable bonds is 27. The van der Waals surface area contributed by atoms with Crippen molar-refractivity contribution in [3.63, 3.8) is 0 Å². The second kappa shape index (κ2) is 24.9. The van der Waals surface area contributed by atoms with Gasteiger partial charge in [0.15, 0.2) is 11.3 Å². The molecular formula is C44H64FN9O10. The lowest BCUT2D eigenvalue weighted by Crippen LogP contribution is -2.62. The van der Waals surface area contributed by atoms with Gasteiger partial charge in [-0.25, -0.2) is 18.6 Å². The van der Waals surface area contributed by atoms with Gasteiger partial charge in [-0.3, -0.25) is 14.4 Å². The number of hydrogen-bond acceptors (Lipinski definition) is 14. The van der Waals surface area contributed by atoms with Crippen molar-refractivity contribution in [1.29, 1.82) is 0 Å². The maximum Gasteiger partial charge on any atom is 0.276 e. The SMILES string of the molecule is CCOCCOCCOCCOCCOCCOCCOCCNC(=O)Cn1cc(C(=O)N2CCN(C(=O)c3cn4nc(-c5ccc(F)cc5)cc(C(C)(C)C)c4n3)C(C)(C)C2)nn1. The van der Waals surface area contributed by atoms with Crippen LogP contribution in [-0.2, 0) is 49.9 Å². The first kappa shape index (κ1) is 50.0. The molecule has 0 radical (unpaired) electrons. The van der Waals surface area contributed by atoms with Crippen molar-refractivity contribution in [2.45, 2.75) is 59.0 Å². The number of hydrogen-bond donors (Lipinski definition) is 1. The van der Waals surface area contributed by atoms with E-state index in [1.165, 1.54) is 23.0 Å². The van der Waals surface area contributed by atoms with Crippen LogP contribution >= 0.6 is 0 Å². The molecule has 1 aliphatic rings. The van der Waals surface area contributed by atoms with E-state index in [0.717, 1.165) is 11.1 Å². The molecule has 3 amide bonds. The van der Waals surface area contributed by atoms with Crippen molar-refractivity contribution in [1.82, 2.24) is 44.7 Å². The quantitative estimate of drug-likeness (QED) is 0.0859. The predicted molar refractivity (Wildman–Crippen MR) is 233 cm³/mol. The van der Waals surface area contributed by atoms with Crippen LogP contribution < -0.4 is 5.32 Å². The summed E-state index contributed by atoms with van der Waals surface area (Å²) in [5, 5.41) is 15.5. The standard InChI is InChI=1S/C44H64FN9O10/c1-7-58-16-17-60-20-21-62-24-25-64-27-26-63-23-22-61-19-18-59-15-12-46-39(55)31-52-29-38(48-50-52)41(56)51-13-14-53(44(5,6)32-51)42(57)37-30-54-40(47-37)35(43(2,3)4)28-36(49-54)33-8-10-34(45)11-9-33/h8-11,28-30H,7,12-27,31-32H2,1-6H3,(H,46,55). The number of imidazole rings is 1. The third-order valence-corrected chi connectivity index (χ3v) is 10.1. The van der Waals surface area contributed by atoms with E-state index in [0.29, 0.717) is 104 Å². The maximum atomic E-state index is 14.0. The molecule has 4 heterocycles. The smallest absolute Gasteiger partial charge is 0.276 e. The zero-order valence-corrected chi connectivity index (χ0v) is 38.0. The summed E-state index contributed by atoms with van der Waals surface area (Å²) in [6.07, 6.45) is 3.06. The van der Waals surface area contributed by atoms with E-state index in [1.54, 1.807) is 32.6 Å². The summed E-state index contributed by atoms with van der Waals surface area (Å²) in [6.45, 7) is 19.5. The van der Waals surface area contributed by atoms with Gasteiger partial charge in [0, 0.05) is 43.9 Å². The van der Waals surface area contributed by atoms with Crippen LogP contribution in [0.15, 0.2) is 42.7 Å². The molecule has 0 unspecified atom stereocenters. The van der Waals surface area contributed by atoms with Crippen molar-refractivity contribution < 1.29 is 51.9 Å². The summed E-state index contributed by atoms with van der Waals surface area (Å²) in [5.41, 5.74) is 2.04. The molecule has 64 heavy (non-hydrogen) atoms. The molecule has 352 valence electrons. The van der Waals surface area contributed by atoms with Crippen molar-refractivity contribution in [2.75, 3.05) is 119 Å². The van der Waals surface area contributed by atoms with Gasteiger partial charge < -0.3 is 48.3 Å². The molecule has 0 atom stereocenters. The van der Waals surface area contributed by atoms with E-state index in [9.17, 15) is 18.8 Å². The number of aromatic nitrogens is 6. The van der Waals surface area contributed by atoms with Crippen molar-refractivity contribution in [3.05, 3.63) is 65.5 Å². The number of carbonyl (C=O) groups is 3. The number of benzene rings is 1. The lowest BCUT2D eigenvalue weighted by Gasteiger charge is -2.46. The minimum atomic E-state index is -0.758. The first-order valence-corrected chi connectivity index (χ1v) is 21.8. The third kappa shape index (κ3) is 15.3. The molecule has 1 aliphatic heterocycles. The van der Waals surface area contributed by atoms with Crippen LogP contribution in [0.5, 0.6) is 0 Å². The van der Waals surface area contributed by atoms with E-state index in [-0.39, 0.29) is 73.1 Å². The molecule has 1 N–H and O–H groups in total. The van der Waals surface area contributed by atoms with E-state index < -0.39 is 5.54 Å². The number of ether oxygens (including phenoxy) is 7. The van der Waals surface area contributed by atoms with Crippen molar-refractivity contribution >= 4 is 23.4 Å². The zero-order valence-electron chi connectivity index (χ0n) is 38.0. The van der Waals surface area contributed by atoms with Crippen LogP contribution in [0.4, 0.5) is 4.39 Å². The number of halogens is 1. The summed E-state index contributed by atoms with van der Waals surface area (Å²) in [4.78, 5) is 48.2. The Bertz CT molecular complexity index is 2070. The highest BCUT2D eigenvalue weighted by molar-refractivity contribution is 5.95. The largest absolute Gasteiger partial charge is 0.379 e. The number of carbonyl (C=O) groups excluding carboxylic acids is 3. The Balaban J connectivity index is 0.949. The molecule has 20 heteroatoms. The molecular weight excluding hydrogens is 834 g/mol. The van der Waals surface area contributed by atoms with E-state index in [1.807, 2.05) is 26.8 Å².